The number of non-ortho nitro benzene ring substituents is 1. The molecule has 1 aromatic heterocycles. The van der Waals surface area contributed by atoms with Crippen LogP contribution in [-0.4, -0.2) is 31.2 Å². The van der Waals surface area contributed by atoms with Gasteiger partial charge in [-0.05, 0) is 30.1 Å². The number of methoxy groups -OCH3 is 2. The average Bonchev–Trinajstić information content (AvgIpc) is 3.18. The topological polar surface area (TPSA) is 77.7 Å². The maximum atomic E-state index is 11.0. The highest BCUT2D eigenvalue weighted by Crippen LogP contribution is 2.36. The van der Waals surface area contributed by atoms with Gasteiger partial charge in [-0.2, -0.15) is 0 Å². The van der Waals surface area contributed by atoms with Crippen LogP contribution in [0, 0.1) is 10.1 Å². The van der Waals surface area contributed by atoms with Crippen molar-refractivity contribution in [2.75, 3.05) is 25.6 Å². The van der Waals surface area contributed by atoms with Crippen molar-refractivity contribution in [1.29, 1.82) is 0 Å². The highest BCUT2D eigenvalue weighted by molar-refractivity contribution is 8.00. The second-order valence-electron chi connectivity index (χ2n) is 5.43. The highest BCUT2D eigenvalue weighted by atomic mass is 32.2. The van der Waals surface area contributed by atoms with Crippen LogP contribution in [0.15, 0.2) is 52.7 Å². The molecule has 0 fully saturated rings. The first-order valence-corrected chi connectivity index (χ1v) is 9.51. The Labute approximate surface area is 164 Å². The molecule has 3 aromatic rings. The number of thiazole rings is 1. The number of benzene rings is 2. The third-order valence-corrected chi connectivity index (χ3v) is 5.66. The van der Waals surface area contributed by atoms with Gasteiger partial charge in [-0.3, -0.25) is 14.4 Å². The van der Waals surface area contributed by atoms with Crippen molar-refractivity contribution in [3.63, 3.8) is 0 Å². The zero-order chi connectivity index (χ0) is 19.4. The normalized spacial score (nSPS) is 10.5. The number of anilines is 1. The summed E-state index contributed by atoms with van der Waals surface area (Å²) < 4.78 is 12.5. The average molecular weight is 403 g/mol. The minimum absolute atomic E-state index is 0.0510. The minimum atomic E-state index is -0.407. The van der Waals surface area contributed by atoms with Gasteiger partial charge in [-0.15, -0.1) is 11.3 Å². The van der Waals surface area contributed by atoms with Gasteiger partial charge < -0.3 is 9.47 Å². The van der Waals surface area contributed by atoms with Crippen LogP contribution >= 0.6 is 23.3 Å². The van der Waals surface area contributed by atoms with Crippen molar-refractivity contribution in [1.82, 2.24) is 4.98 Å². The monoisotopic (exact) mass is 403 g/mol. The van der Waals surface area contributed by atoms with Crippen LogP contribution in [-0.2, 0) is 0 Å². The smallest absolute Gasteiger partial charge is 0.270 e. The molecule has 0 spiro atoms. The lowest BCUT2D eigenvalue weighted by atomic mass is 10.1. The Balaban J connectivity index is 1.78. The molecule has 2 aromatic carbocycles. The predicted octanol–water partition coefficient (Wildman–Crippen LogP) is 4.88. The molecule has 0 amide bonds. The van der Waals surface area contributed by atoms with Crippen molar-refractivity contribution in [2.24, 2.45) is 0 Å². The van der Waals surface area contributed by atoms with Gasteiger partial charge in [0.25, 0.3) is 5.69 Å². The number of nitro benzene ring substituents is 1. The van der Waals surface area contributed by atoms with Gasteiger partial charge in [0.1, 0.15) is 0 Å². The molecule has 140 valence electrons. The van der Waals surface area contributed by atoms with Crippen LogP contribution < -0.4 is 13.8 Å². The Kier molecular flexibility index (Phi) is 5.82. The molecule has 0 atom stereocenters. The fourth-order valence-electron chi connectivity index (χ4n) is 2.39. The summed E-state index contributed by atoms with van der Waals surface area (Å²) in [4.78, 5) is 16.1. The van der Waals surface area contributed by atoms with Gasteiger partial charge in [0.05, 0.1) is 24.8 Å². The van der Waals surface area contributed by atoms with E-state index in [9.17, 15) is 10.1 Å². The third-order valence-electron chi connectivity index (χ3n) is 3.71. The number of nitro groups is 1. The Morgan fingerprint density at radius 2 is 1.93 bits per heavy atom. The van der Waals surface area contributed by atoms with Crippen LogP contribution in [0.2, 0.25) is 0 Å². The molecule has 0 aliphatic heterocycles. The molecule has 0 N–H and O–H groups in total. The van der Waals surface area contributed by atoms with Crippen molar-refractivity contribution >= 4 is 34.1 Å². The fourth-order valence-corrected chi connectivity index (χ4v) is 4.06. The molecule has 0 aliphatic rings. The standard InChI is InChI=1S/C18H17N3O4S2/c1-20(27-14-7-8-16(24-2)17(10-14)25-3)18-19-15(11-26-18)12-5-4-6-13(9-12)21(22)23/h4-11H,1-3H3. The number of hydrogen-bond acceptors (Lipinski definition) is 8. The van der Waals surface area contributed by atoms with Gasteiger partial charge in [0.2, 0.25) is 0 Å². The maximum Gasteiger partial charge on any atom is 0.270 e. The van der Waals surface area contributed by atoms with E-state index in [0.717, 1.165) is 15.6 Å². The summed E-state index contributed by atoms with van der Waals surface area (Å²) in [7, 11) is 5.11. The summed E-state index contributed by atoms with van der Waals surface area (Å²) in [5, 5.41) is 13.6. The van der Waals surface area contributed by atoms with Crippen LogP contribution in [0.25, 0.3) is 11.3 Å². The summed E-state index contributed by atoms with van der Waals surface area (Å²) in [5.74, 6) is 1.33. The zero-order valence-corrected chi connectivity index (χ0v) is 16.5. The Hall–Kier alpha value is -2.78. The lowest BCUT2D eigenvalue weighted by molar-refractivity contribution is -0.384. The van der Waals surface area contributed by atoms with Gasteiger partial charge in [-0.25, -0.2) is 4.98 Å². The number of rotatable bonds is 7. The zero-order valence-electron chi connectivity index (χ0n) is 14.9. The number of nitrogens with zero attached hydrogens (tertiary/aromatic N) is 3. The van der Waals surface area contributed by atoms with Crippen molar-refractivity contribution in [3.05, 3.63) is 58.0 Å². The molecule has 0 unspecified atom stereocenters. The quantitative estimate of drug-likeness (QED) is 0.316. The Morgan fingerprint density at radius 1 is 1.15 bits per heavy atom. The van der Waals surface area contributed by atoms with Gasteiger partial charge >= 0.3 is 0 Å². The molecule has 0 bridgehead atoms. The van der Waals surface area contributed by atoms with Crippen LogP contribution in [0.3, 0.4) is 0 Å². The number of ether oxygens (including phenoxy) is 2. The van der Waals surface area contributed by atoms with Crippen molar-refractivity contribution < 1.29 is 14.4 Å². The van der Waals surface area contributed by atoms with E-state index in [4.69, 9.17) is 9.47 Å². The molecule has 27 heavy (non-hydrogen) atoms. The summed E-state index contributed by atoms with van der Waals surface area (Å²) in [6.07, 6.45) is 0. The van der Waals surface area contributed by atoms with Crippen LogP contribution in [0.5, 0.6) is 11.5 Å². The summed E-state index contributed by atoms with van der Waals surface area (Å²) in [5.41, 5.74) is 1.48. The molecule has 0 radical (unpaired) electrons. The van der Waals surface area contributed by atoms with E-state index in [0.29, 0.717) is 17.2 Å². The van der Waals surface area contributed by atoms with E-state index in [2.05, 4.69) is 4.98 Å². The minimum Gasteiger partial charge on any atom is -0.493 e. The number of hydrogen-bond donors (Lipinski definition) is 0. The number of aromatic nitrogens is 1. The lowest BCUT2D eigenvalue weighted by Gasteiger charge is -2.15. The second kappa shape index (κ2) is 8.28. The molecule has 0 aliphatic carbocycles. The molecule has 9 heteroatoms. The van der Waals surface area contributed by atoms with E-state index < -0.39 is 4.92 Å². The van der Waals surface area contributed by atoms with Gasteiger partial charge in [-0.1, -0.05) is 12.1 Å². The van der Waals surface area contributed by atoms with E-state index >= 15 is 0 Å². The molecule has 0 saturated carbocycles. The SMILES string of the molecule is COc1ccc(SN(C)c2nc(-c3cccc([N+](=O)[O-])c3)cs2)cc1OC. The highest BCUT2D eigenvalue weighted by Gasteiger charge is 2.14. The van der Waals surface area contributed by atoms with Crippen molar-refractivity contribution in [3.8, 4) is 22.8 Å². The van der Waals surface area contributed by atoms with E-state index in [1.807, 2.05) is 41.0 Å². The lowest BCUT2D eigenvalue weighted by Crippen LogP contribution is -2.05. The van der Waals surface area contributed by atoms with Gasteiger partial charge in [0.15, 0.2) is 16.6 Å². The largest absolute Gasteiger partial charge is 0.493 e. The summed E-state index contributed by atoms with van der Waals surface area (Å²) in [6.45, 7) is 0. The molecule has 1 heterocycles. The molecular weight excluding hydrogens is 386 g/mol. The fraction of sp³-hybridized carbons (Fsp3) is 0.167. The second-order valence-corrected chi connectivity index (χ2v) is 7.47. The Morgan fingerprint density at radius 3 is 2.63 bits per heavy atom. The molecule has 7 nitrogen and oxygen atoms in total. The van der Waals surface area contributed by atoms with Gasteiger partial charge in [0, 0.05) is 35.0 Å². The van der Waals surface area contributed by atoms with Crippen molar-refractivity contribution in [2.45, 2.75) is 4.90 Å². The third kappa shape index (κ3) is 4.32. The van der Waals surface area contributed by atoms with Crippen LogP contribution in [0.4, 0.5) is 10.8 Å². The first-order chi connectivity index (χ1) is 13.0. The first kappa shape index (κ1) is 19.0. The van der Waals surface area contributed by atoms with E-state index in [-0.39, 0.29) is 5.69 Å². The molecule has 0 saturated heterocycles. The first-order valence-electron chi connectivity index (χ1n) is 7.86. The van der Waals surface area contributed by atoms with E-state index in [1.165, 1.54) is 35.4 Å². The predicted molar refractivity (Wildman–Crippen MR) is 108 cm³/mol. The molecule has 3 rings (SSSR count). The van der Waals surface area contributed by atoms with Crippen LogP contribution in [0.1, 0.15) is 0 Å². The summed E-state index contributed by atoms with van der Waals surface area (Å²) >= 11 is 2.97. The molecular formula is C18H17N3O4S2. The summed E-state index contributed by atoms with van der Waals surface area (Å²) in [6, 6.07) is 12.2. The Bertz CT molecular complexity index is 961. The van der Waals surface area contributed by atoms with E-state index in [1.54, 1.807) is 20.3 Å². The maximum absolute atomic E-state index is 11.0.